The number of nitrogens with one attached hydrogen (secondary N) is 1. The molecule has 1 fully saturated rings. The molecule has 0 aromatic rings. The highest BCUT2D eigenvalue weighted by Crippen LogP contribution is 2.26. The monoisotopic (exact) mass is 243 g/mol. The second-order valence-electron chi connectivity index (χ2n) is 3.99. The molecule has 6 heteroatoms. The molecule has 17 heavy (non-hydrogen) atoms. The molecular weight excluding hydrogens is 226 g/mol. The Labute approximate surface area is 99.6 Å². The number of ether oxygens (including phenoxy) is 2. The van der Waals surface area contributed by atoms with Crippen molar-refractivity contribution in [1.29, 1.82) is 0 Å². The van der Waals surface area contributed by atoms with Crippen molar-refractivity contribution >= 4 is 17.8 Å². The predicted molar refractivity (Wildman–Crippen MR) is 57.9 cm³/mol. The summed E-state index contributed by atoms with van der Waals surface area (Å²) < 4.78 is 9.06. The van der Waals surface area contributed by atoms with E-state index in [1.807, 2.05) is 0 Å². The van der Waals surface area contributed by atoms with E-state index in [4.69, 9.17) is 0 Å². The molecule has 0 spiro atoms. The van der Waals surface area contributed by atoms with Crippen molar-refractivity contribution in [2.45, 2.75) is 31.7 Å². The van der Waals surface area contributed by atoms with E-state index >= 15 is 0 Å². The molecule has 0 aromatic carbocycles. The van der Waals surface area contributed by atoms with Gasteiger partial charge >= 0.3 is 11.9 Å². The molecule has 0 aliphatic heterocycles. The van der Waals surface area contributed by atoms with Crippen molar-refractivity contribution in [3.63, 3.8) is 0 Å². The quantitative estimate of drug-likeness (QED) is 0.555. The summed E-state index contributed by atoms with van der Waals surface area (Å²) in [6.45, 7) is 0. The first-order valence-corrected chi connectivity index (χ1v) is 5.52. The third-order valence-corrected chi connectivity index (χ3v) is 2.90. The zero-order valence-corrected chi connectivity index (χ0v) is 10.0. The van der Waals surface area contributed by atoms with Crippen LogP contribution in [0.25, 0.3) is 0 Å². The Morgan fingerprint density at radius 2 is 1.88 bits per heavy atom. The molecule has 2 atom stereocenters. The maximum absolute atomic E-state index is 11.5. The number of hydrogen-bond donors (Lipinski definition) is 1. The summed E-state index contributed by atoms with van der Waals surface area (Å²) in [5.41, 5.74) is 0. The van der Waals surface area contributed by atoms with Crippen molar-refractivity contribution in [3.05, 3.63) is 0 Å². The summed E-state index contributed by atoms with van der Waals surface area (Å²) in [5.74, 6) is -1.62. The Kier molecular flexibility index (Phi) is 4.93. The van der Waals surface area contributed by atoms with Gasteiger partial charge in [0.05, 0.1) is 20.1 Å². The summed E-state index contributed by atoms with van der Waals surface area (Å²) >= 11 is 0. The second-order valence-corrected chi connectivity index (χ2v) is 3.99. The summed E-state index contributed by atoms with van der Waals surface area (Å²) in [5, 5.41) is 2.67. The molecule has 0 radical (unpaired) electrons. The fraction of sp³-hybridized carbons (Fsp3) is 0.727. The van der Waals surface area contributed by atoms with Crippen LogP contribution in [0.2, 0.25) is 0 Å². The number of methoxy groups -OCH3 is 2. The molecule has 1 saturated carbocycles. The highest BCUT2D eigenvalue weighted by atomic mass is 16.5. The molecule has 0 bridgehead atoms. The second kappa shape index (κ2) is 6.22. The van der Waals surface area contributed by atoms with Crippen molar-refractivity contribution in [2.24, 2.45) is 5.92 Å². The Bertz CT molecular complexity index is 315. The van der Waals surface area contributed by atoms with E-state index in [1.54, 1.807) is 0 Å². The SMILES string of the molecule is COC(=O)CC(=O)NC1CCCC1C(=O)OC. The van der Waals surface area contributed by atoms with Crippen molar-refractivity contribution < 1.29 is 23.9 Å². The molecule has 0 heterocycles. The van der Waals surface area contributed by atoms with Crippen LogP contribution < -0.4 is 5.32 Å². The summed E-state index contributed by atoms with van der Waals surface area (Å²) in [6.07, 6.45) is 1.98. The number of hydrogen-bond acceptors (Lipinski definition) is 5. The summed E-state index contributed by atoms with van der Waals surface area (Å²) in [7, 11) is 2.55. The maximum atomic E-state index is 11.5. The van der Waals surface area contributed by atoms with E-state index in [1.165, 1.54) is 14.2 Å². The number of amides is 1. The normalized spacial score (nSPS) is 22.9. The predicted octanol–water partition coefficient (Wildman–Crippen LogP) is 0.00740. The minimum atomic E-state index is -0.588. The van der Waals surface area contributed by atoms with E-state index < -0.39 is 11.9 Å². The maximum Gasteiger partial charge on any atom is 0.315 e. The van der Waals surface area contributed by atoms with Crippen LogP contribution in [0, 0.1) is 5.92 Å². The van der Waals surface area contributed by atoms with Crippen LogP contribution in [0.3, 0.4) is 0 Å². The average molecular weight is 243 g/mol. The van der Waals surface area contributed by atoms with Crippen molar-refractivity contribution in [2.75, 3.05) is 14.2 Å². The highest BCUT2D eigenvalue weighted by Gasteiger charge is 2.34. The topological polar surface area (TPSA) is 81.7 Å². The third kappa shape index (κ3) is 3.72. The van der Waals surface area contributed by atoms with E-state index in [2.05, 4.69) is 14.8 Å². The minimum absolute atomic E-state index is 0.236. The van der Waals surface area contributed by atoms with Gasteiger partial charge in [-0.3, -0.25) is 14.4 Å². The molecule has 6 nitrogen and oxygen atoms in total. The van der Waals surface area contributed by atoms with Gasteiger partial charge in [-0.25, -0.2) is 0 Å². The number of carbonyl (C=O) groups is 3. The third-order valence-electron chi connectivity index (χ3n) is 2.90. The lowest BCUT2D eigenvalue weighted by atomic mass is 10.0. The van der Waals surface area contributed by atoms with Gasteiger partial charge in [0.1, 0.15) is 6.42 Å². The Morgan fingerprint density at radius 3 is 2.47 bits per heavy atom. The lowest BCUT2D eigenvalue weighted by Crippen LogP contribution is -2.41. The van der Waals surface area contributed by atoms with E-state index in [9.17, 15) is 14.4 Å². The average Bonchev–Trinajstić information content (AvgIpc) is 2.75. The van der Waals surface area contributed by atoms with Gasteiger partial charge in [0.2, 0.25) is 5.91 Å². The molecule has 1 aliphatic rings. The van der Waals surface area contributed by atoms with Crippen LogP contribution >= 0.6 is 0 Å². The first-order chi connectivity index (χ1) is 8.08. The molecule has 2 unspecified atom stereocenters. The molecule has 1 N–H and O–H groups in total. The number of rotatable bonds is 4. The van der Waals surface area contributed by atoms with Gasteiger partial charge in [0, 0.05) is 6.04 Å². The van der Waals surface area contributed by atoms with Gasteiger partial charge in [0.15, 0.2) is 0 Å². The van der Waals surface area contributed by atoms with Crippen LogP contribution in [0.4, 0.5) is 0 Å². The van der Waals surface area contributed by atoms with E-state index in [-0.39, 0.29) is 24.3 Å². The Balaban J connectivity index is 2.47. The van der Waals surface area contributed by atoms with Gasteiger partial charge in [-0.1, -0.05) is 6.42 Å². The first kappa shape index (κ1) is 13.5. The minimum Gasteiger partial charge on any atom is -0.469 e. The lowest BCUT2D eigenvalue weighted by Gasteiger charge is -2.18. The molecule has 1 amide bonds. The van der Waals surface area contributed by atoms with Gasteiger partial charge in [-0.15, -0.1) is 0 Å². The molecule has 1 rings (SSSR count). The fourth-order valence-corrected chi connectivity index (χ4v) is 2.03. The summed E-state index contributed by atoms with van der Waals surface area (Å²) in [6, 6.07) is -0.236. The van der Waals surface area contributed by atoms with Crippen LogP contribution in [-0.4, -0.2) is 38.1 Å². The summed E-state index contributed by atoms with van der Waals surface area (Å²) in [4.78, 5) is 33.8. The van der Waals surface area contributed by atoms with Crippen molar-refractivity contribution in [3.8, 4) is 0 Å². The lowest BCUT2D eigenvalue weighted by molar-refractivity contribution is -0.146. The fourth-order valence-electron chi connectivity index (χ4n) is 2.03. The number of esters is 2. The molecule has 96 valence electrons. The van der Waals surface area contributed by atoms with Gasteiger partial charge < -0.3 is 14.8 Å². The van der Waals surface area contributed by atoms with Gasteiger partial charge in [-0.2, -0.15) is 0 Å². The molecule has 0 saturated heterocycles. The molecule has 0 aromatic heterocycles. The Hall–Kier alpha value is -1.59. The van der Waals surface area contributed by atoms with Crippen molar-refractivity contribution in [1.82, 2.24) is 5.32 Å². The smallest absolute Gasteiger partial charge is 0.315 e. The van der Waals surface area contributed by atoms with E-state index in [0.29, 0.717) is 6.42 Å². The molecular formula is C11H17NO5. The number of carbonyl (C=O) groups excluding carboxylic acids is 3. The zero-order chi connectivity index (χ0) is 12.8. The van der Waals surface area contributed by atoms with Crippen LogP contribution in [-0.2, 0) is 23.9 Å². The van der Waals surface area contributed by atoms with E-state index in [0.717, 1.165) is 12.8 Å². The van der Waals surface area contributed by atoms with Crippen LogP contribution in [0.5, 0.6) is 0 Å². The van der Waals surface area contributed by atoms with Gasteiger partial charge in [-0.05, 0) is 12.8 Å². The Morgan fingerprint density at radius 1 is 1.18 bits per heavy atom. The molecule has 1 aliphatic carbocycles. The van der Waals surface area contributed by atoms with Gasteiger partial charge in [0.25, 0.3) is 0 Å². The first-order valence-electron chi connectivity index (χ1n) is 5.52. The van der Waals surface area contributed by atoms with Crippen LogP contribution in [0.15, 0.2) is 0 Å². The standard InChI is InChI=1S/C11H17NO5/c1-16-10(14)6-9(13)12-8-5-3-4-7(8)11(15)17-2/h7-8H,3-6H2,1-2H3,(H,12,13). The largest absolute Gasteiger partial charge is 0.469 e. The van der Waals surface area contributed by atoms with Crippen LogP contribution in [0.1, 0.15) is 25.7 Å². The highest BCUT2D eigenvalue weighted by molar-refractivity contribution is 5.94. The zero-order valence-electron chi connectivity index (χ0n) is 10.0.